The van der Waals surface area contributed by atoms with Crippen molar-refractivity contribution in [1.29, 1.82) is 0 Å². The van der Waals surface area contributed by atoms with Crippen molar-refractivity contribution in [2.45, 2.75) is 39.2 Å². The van der Waals surface area contributed by atoms with Gasteiger partial charge in [-0.3, -0.25) is 9.69 Å². The molecule has 0 aromatic heterocycles. The van der Waals surface area contributed by atoms with Crippen LogP contribution in [0.5, 0.6) is 5.75 Å². The third-order valence-electron chi connectivity index (χ3n) is 3.75. The van der Waals surface area contributed by atoms with Gasteiger partial charge in [0.1, 0.15) is 12.4 Å². The maximum Gasteiger partial charge on any atom is 0.252 e. The Balaban J connectivity index is 0.00000220. The van der Waals surface area contributed by atoms with Gasteiger partial charge in [0.15, 0.2) is 0 Å². The van der Waals surface area contributed by atoms with Crippen molar-refractivity contribution in [3.63, 3.8) is 0 Å². The predicted molar refractivity (Wildman–Crippen MR) is 89.0 cm³/mol. The van der Waals surface area contributed by atoms with Crippen LogP contribution in [0.3, 0.4) is 0 Å². The molecule has 1 aliphatic rings. The number of nitrogens with zero attached hydrogens (tertiary/aromatic N) is 1. The van der Waals surface area contributed by atoms with Crippen LogP contribution in [0.25, 0.3) is 0 Å². The highest BCUT2D eigenvalue weighted by molar-refractivity contribution is 6.68. The smallest absolute Gasteiger partial charge is 0.252 e. The summed E-state index contributed by atoms with van der Waals surface area (Å²) in [5.41, 5.74) is 1.54. The molecular formula is C16H23Cl2NO2. The Labute approximate surface area is 138 Å². The van der Waals surface area contributed by atoms with E-state index in [4.69, 9.17) is 16.3 Å². The first-order chi connectivity index (χ1) is 9.67. The molecule has 0 amide bonds. The van der Waals surface area contributed by atoms with Gasteiger partial charge in [0.25, 0.3) is 5.24 Å². The number of carbonyl (C=O) groups is 1. The number of fused-ring (bicyclic) bond motifs is 1. The van der Waals surface area contributed by atoms with Crippen LogP contribution >= 0.6 is 24.0 Å². The Morgan fingerprint density at radius 3 is 2.57 bits per heavy atom. The molecule has 1 heterocycles. The van der Waals surface area contributed by atoms with Crippen LogP contribution in [0, 0.1) is 0 Å². The topological polar surface area (TPSA) is 29.5 Å². The Hall–Kier alpha value is -0.770. The minimum atomic E-state index is -0.399. The minimum Gasteiger partial charge on any atom is -0.492 e. The lowest BCUT2D eigenvalue weighted by molar-refractivity contribution is 0.106. The number of hydrogen-bond donors (Lipinski definition) is 0. The second-order valence-corrected chi connectivity index (χ2v) is 5.60. The van der Waals surface area contributed by atoms with Gasteiger partial charge >= 0.3 is 0 Å². The lowest BCUT2D eigenvalue weighted by Crippen LogP contribution is -2.44. The lowest BCUT2D eigenvalue weighted by atomic mass is 9.96. The van der Waals surface area contributed by atoms with Gasteiger partial charge in [-0.15, -0.1) is 12.4 Å². The van der Waals surface area contributed by atoms with Crippen molar-refractivity contribution >= 4 is 29.3 Å². The number of carbonyl (C=O) groups excluding carboxylic acids is 1. The maximum atomic E-state index is 11.5. The van der Waals surface area contributed by atoms with E-state index in [-0.39, 0.29) is 12.4 Å². The van der Waals surface area contributed by atoms with E-state index in [2.05, 4.69) is 18.7 Å². The molecule has 0 radical (unpaired) electrons. The first-order valence-corrected chi connectivity index (χ1v) is 7.73. The molecule has 1 unspecified atom stereocenters. The van der Waals surface area contributed by atoms with Gasteiger partial charge in [0.2, 0.25) is 0 Å². The second kappa shape index (κ2) is 8.62. The van der Waals surface area contributed by atoms with Gasteiger partial charge in [0, 0.05) is 17.2 Å². The number of ether oxygens (including phenoxy) is 1. The molecule has 1 atom stereocenters. The molecule has 0 aliphatic carbocycles. The van der Waals surface area contributed by atoms with E-state index in [0.29, 0.717) is 18.2 Å². The molecule has 1 aliphatic heterocycles. The van der Waals surface area contributed by atoms with Crippen molar-refractivity contribution in [3.8, 4) is 5.75 Å². The predicted octanol–water partition coefficient (Wildman–Crippen LogP) is 3.91. The third kappa shape index (κ3) is 4.35. The molecule has 2 rings (SSSR count). The zero-order valence-corrected chi connectivity index (χ0v) is 14.2. The van der Waals surface area contributed by atoms with Crippen LogP contribution in [0.2, 0.25) is 0 Å². The molecule has 0 bridgehead atoms. The van der Waals surface area contributed by atoms with Crippen molar-refractivity contribution < 1.29 is 9.53 Å². The normalized spacial score (nSPS) is 16.9. The number of benzene rings is 1. The van der Waals surface area contributed by atoms with Gasteiger partial charge in [-0.1, -0.05) is 19.9 Å². The van der Waals surface area contributed by atoms with E-state index in [0.717, 1.165) is 43.7 Å². The van der Waals surface area contributed by atoms with Crippen molar-refractivity contribution in [3.05, 3.63) is 29.3 Å². The number of halogens is 2. The minimum absolute atomic E-state index is 0. The number of hydrogen-bond acceptors (Lipinski definition) is 3. The van der Waals surface area contributed by atoms with E-state index < -0.39 is 5.24 Å². The van der Waals surface area contributed by atoms with Crippen molar-refractivity contribution in [2.24, 2.45) is 0 Å². The summed E-state index contributed by atoms with van der Waals surface area (Å²) in [6, 6.07) is 5.85. The molecule has 1 aromatic carbocycles. The van der Waals surface area contributed by atoms with Gasteiger partial charge < -0.3 is 4.74 Å². The van der Waals surface area contributed by atoms with Crippen molar-refractivity contribution in [1.82, 2.24) is 4.90 Å². The van der Waals surface area contributed by atoms with E-state index in [1.165, 1.54) is 0 Å². The highest BCUT2D eigenvalue weighted by Gasteiger charge is 2.27. The summed E-state index contributed by atoms with van der Waals surface area (Å²) >= 11 is 5.68. The first-order valence-electron chi connectivity index (χ1n) is 7.35. The molecule has 0 N–H and O–H groups in total. The molecule has 118 valence electrons. The van der Waals surface area contributed by atoms with E-state index in [1.54, 1.807) is 6.07 Å². The summed E-state index contributed by atoms with van der Waals surface area (Å²) in [5.74, 6) is 0.806. The van der Waals surface area contributed by atoms with Crippen molar-refractivity contribution in [2.75, 3.05) is 19.7 Å². The molecule has 0 fully saturated rings. The Morgan fingerprint density at radius 1 is 1.33 bits per heavy atom. The fraction of sp³-hybridized carbons (Fsp3) is 0.562. The van der Waals surface area contributed by atoms with E-state index >= 15 is 0 Å². The van der Waals surface area contributed by atoms with E-state index in [1.807, 2.05) is 12.1 Å². The van der Waals surface area contributed by atoms with Crippen LogP contribution in [-0.2, 0) is 6.42 Å². The monoisotopic (exact) mass is 331 g/mol. The first kappa shape index (κ1) is 18.3. The lowest BCUT2D eigenvalue weighted by Gasteiger charge is -2.35. The summed E-state index contributed by atoms with van der Waals surface area (Å²) in [4.78, 5) is 14.0. The van der Waals surface area contributed by atoms with Gasteiger partial charge in [-0.25, -0.2) is 0 Å². The van der Waals surface area contributed by atoms with E-state index in [9.17, 15) is 4.79 Å². The molecule has 21 heavy (non-hydrogen) atoms. The summed E-state index contributed by atoms with van der Waals surface area (Å²) in [5, 5.41) is -0.399. The zero-order chi connectivity index (χ0) is 14.5. The fourth-order valence-electron chi connectivity index (χ4n) is 2.86. The largest absolute Gasteiger partial charge is 0.492 e. The number of rotatable bonds is 6. The molecule has 0 saturated carbocycles. The molecule has 1 aromatic rings. The van der Waals surface area contributed by atoms with Crippen LogP contribution in [0.4, 0.5) is 0 Å². The summed E-state index contributed by atoms with van der Waals surface area (Å²) in [6.07, 6.45) is 3.09. The van der Waals surface area contributed by atoms with Crippen LogP contribution < -0.4 is 4.74 Å². The molecule has 5 heteroatoms. The zero-order valence-electron chi connectivity index (χ0n) is 12.6. The standard InChI is InChI=1S/C16H22ClNO2.ClH/c1-3-8-18(9-4-2)12-10-14-13(16(17)19)6-5-7-15(14)20-11-12;/h5-7,12H,3-4,8-11H2,1-2H3;1H. The van der Waals surface area contributed by atoms with Crippen LogP contribution in [0.1, 0.15) is 42.6 Å². The Kier molecular flexibility index (Phi) is 7.50. The molecule has 0 spiro atoms. The molecular weight excluding hydrogens is 309 g/mol. The highest BCUT2D eigenvalue weighted by atomic mass is 35.5. The quantitative estimate of drug-likeness (QED) is 0.740. The van der Waals surface area contributed by atoms with Gasteiger partial charge in [-0.05, 0) is 56.1 Å². The van der Waals surface area contributed by atoms with Gasteiger partial charge in [-0.2, -0.15) is 0 Å². The Morgan fingerprint density at radius 2 is 2.00 bits per heavy atom. The van der Waals surface area contributed by atoms with Crippen LogP contribution in [0.15, 0.2) is 18.2 Å². The summed E-state index contributed by atoms with van der Waals surface area (Å²) < 4.78 is 5.85. The van der Waals surface area contributed by atoms with Crippen LogP contribution in [-0.4, -0.2) is 35.9 Å². The highest BCUT2D eigenvalue weighted by Crippen LogP contribution is 2.30. The SMILES string of the molecule is CCCN(CCC)C1COc2cccc(C(=O)Cl)c2C1.Cl. The van der Waals surface area contributed by atoms with Gasteiger partial charge in [0.05, 0.1) is 0 Å². The average molecular weight is 332 g/mol. The molecule has 3 nitrogen and oxygen atoms in total. The second-order valence-electron chi connectivity index (χ2n) is 5.26. The molecule has 0 saturated heterocycles. The third-order valence-corrected chi connectivity index (χ3v) is 3.96. The average Bonchev–Trinajstić information content (AvgIpc) is 2.45. The maximum absolute atomic E-state index is 11.5. The Bertz CT molecular complexity index is 473. The summed E-state index contributed by atoms with van der Waals surface area (Å²) in [6.45, 7) is 7.19. The summed E-state index contributed by atoms with van der Waals surface area (Å²) in [7, 11) is 0. The fourth-order valence-corrected chi connectivity index (χ4v) is 3.04.